The summed E-state index contributed by atoms with van der Waals surface area (Å²) in [7, 11) is 0. The van der Waals surface area contributed by atoms with Crippen molar-refractivity contribution in [3.05, 3.63) is 21.3 Å². The van der Waals surface area contributed by atoms with Gasteiger partial charge in [0.05, 0.1) is 10.4 Å². The molecule has 86 valence electrons. The molecule has 0 bridgehead atoms. The van der Waals surface area contributed by atoms with E-state index in [1.807, 2.05) is 12.1 Å². The van der Waals surface area contributed by atoms with E-state index in [4.69, 9.17) is 11.6 Å². The fraction of sp³-hybridized carbons (Fsp3) is 0.667. The second-order valence-electron chi connectivity index (χ2n) is 3.90. The van der Waals surface area contributed by atoms with E-state index in [0.29, 0.717) is 5.92 Å². The Morgan fingerprint density at radius 3 is 2.60 bits per heavy atom. The summed E-state index contributed by atoms with van der Waals surface area (Å²) in [5, 5.41) is 10.2. The van der Waals surface area contributed by atoms with Crippen LogP contribution in [-0.2, 0) is 0 Å². The fourth-order valence-corrected chi connectivity index (χ4v) is 2.91. The largest absolute Gasteiger partial charge is 0.387 e. The van der Waals surface area contributed by atoms with E-state index in [1.54, 1.807) is 0 Å². The van der Waals surface area contributed by atoms with Gasteiger partial charge in [-0.15, -0.1) is 11.3 Å². The first-order valence-electron chi connectivity index (χ1n) is 5.62. The van der Waals surface area contributed by atoms with E-state index >= 15 is 0 Å². The fourth-order valence-electron chi connectivity index (χ4n) is 1.77. The molecule has 0 spiro atoms. The number of halogens is 1. The molecule has 1 rings (SSSR count). The van der Waals surface area contributed by atoms with Gasteiger partial charge in [-0.1, -0.05) is 44.7 Å². The lowest BCUT2D eigenvalue weighted by atomic mass is 9.92. The Kier molecular flexibility index (Phi) is 5.65. The molecule has 0 aliphatic heterocycles. The van der Waals surface area contributed by atoms with Crippen molar-refractivity contribution in [3.63, 3.8) is 0 Å². The SMILES string of the molecule is CCCCC(CC)C(O)c1ccc(Cl)s1. The highest BCUT2D eigenvalue weighted by atomic mass is 35.5. The predicted octanol–water partition coefficient (Wildman–Crippen LogP) is 4.65. The molecule has 0 radical (unpaired) electrons. The minimum absolute atomic E-state index is 0.334. The summed E-state index contributed by atoms with van der Waals surface area (Å²) in [5.41, 5.74) is 0. The number of aliphatic hydroxyl groups is 1. The predicted molar refractivity (Wildman–Crippen MR) is 67.6 cm³/mol. The Bertz CT molecular complexity index is 285. The molecule has 0 aromatic carbocycles. The molecule has 15 heavy (non-hydrogen) atoms. The van der Waals surface area contributed by atoms with Crippen LogP contribution in [-0.4, -0.2) is 5.11 Å². The van der Waals surface area contributed by atoms with Crippen molar-refractivity contribution in [2.75, 3.05) is 0 Å². The molecule has 2 unspecified atom stereocenters. The monoisotopic (exact) mass is 246 g/mol. The standard InChI is InChI=1S/C12H19ClOS/c1-3-5-6-9(4-2)12(14)10-7-8-11(13)15-10/h7-9,12,14H,3-6H2,1-2H3. The van der Waals surface area contributed by atoms with Crippen LogP contribution < -0.4 is 0 Å². The van der Waals surface area contributed by atoms with Gasteiger partial charge in [0.1, 0.15) is 0 Å². The number of unbranched alkanes of at least 4 members (excludes halogenated alkanes) is 1. The van der Waals surface area contributed by atoms with Crippen LogP contribution in [0.1, 0.15) is 50.5 Å². The first-order chi connectivity index (χ1) is 7.19. The van der Waals surface area contributed by atoms with Gasteiger partial charge < -0.3 is 5.11 Å². The molecular weight excluding hydrogens is 228 g/mol. The zero-order valence-electron chi connectivity index (χ0n) is 9.37. The van der Waals surface area contributed by atoms with Crippen molar-refractivity contribution in [3.8, 4) is 0 Å². The maximum Gasteiger partial charge on any atom is 0.0932 e. The molecule has 1 aromatic heterocycles. The summed E-state index contributed by atoms with van der Waals surface area (Å²) < 4.78 is 0.759. The Labute approximate surface area is 101 Å². The summed E-state index contributed by atoms with van der Waals surface area (Å²) in [5.74, 6) is 0.375. The second-order valence-corrected chi connectivity index (χ2v) is 5.64. The number of hydrogen-bond acceptors (Lipinski definition) is 2. The van der Waals surface area contributed by atoms with E-state index < -0.39 is 0 Å². The van der Waals surface area contributed by atoms with Crippen molar-refractivity contribution in [1.29, 1.82) is 0 Å². The van der Waals surface area contributed by atoms with Crippen LogP contribution >= 0.6 is 22.9 Å². The highest BCUT2D eigenvalue weighted by molar-refractivity contribution is 7.16. The third-order valence-electron chi connectivity index (χ3n) is 2.78. The first kappa shape index (κ1) is 13.0. The van der Waals surface area contributed by atoms with Gasteiger partial charge in [0.15, 0.2) is 0 Å². The summed E-state index contributed by atoms with van der Waals surface area (Å²) in [6, 6.07) is 3.80. The smallest absolute Gasteiger partial charge is 0.0932 e. The summed E-state index contributed by atoms with van der Waals surface area (Å²) in [6.07, 6.45) is 4.17. The Hall–Kier alpha value is -0.0500. The number of rotatable bonds is 6. The van der Waals surface area contributed by atoms with Crippen LogP contribution in [0.25, 0.3) is 0 Å². The molecular formula is C12H19ClOS. The van der Waals surface area contributed by atoms with E-state index in [1.165, 1.54) is 24.2 Å². The van der Waals surface area contributed by atoms with Gasteiger partial charge in [0.2, 0.25) is 0 Å². The number of hydrogen-bond donors (Lipinski definition) is 1. The topological polar surface area (TPSA) is 20.2 Å². The van der Waals surface area contributed by atoms with Crippen molar-refractivity contribution in [2.45, 2.75) is 45.6 Å². The number of aliphatic hydroxyl groups excluding tert-OH is 1. The van der Waals surface area contributed by atoms with E-state index in [0.717, 1.165) is 22.1 Å². The van der Waals surface area contributed by atoms with Gasteiger partial charge in [0, 0.05) is 4.88 Å². The molecule has 1 nitrogen and oxygen atoms in total. The molecule has 0 fully saturated rings. The van der Waals surface area contributed by atoms with Crippen molar-refractivity contribution in [1.82, 2.24) is 0 Å². The lowest BCUT2D eigenvalue weighted by Crippen LogP contribution is -2.10. The Balaban J connectivity index is 2.59. The highest BCUT2D eigenvalue weighted by Gasteiger charge is 2.20. The van der Waals surface area contributed by atoms with Crippen molar-refractivity contribution < 1.29 is 5.11 Å². The van der Waals surface area contributed by atoms with Gasteiger partial charge in [0.25, 0.3) is 0 Å². The van der Waals surface area contributed by atoms with Crippen LogP contribution in [0.2, 0.25) is 4.34 Å². The molecule has 0 amide bonds. The summed E-state index contributed by atoms with van der Waals surface area (Å²) >= 11 is 7.35. The maximum absolute atomic E-state index is 10.2. The zero-order valence-corrected chi connectivity index (χ0v) is 10.9. The normalized spacial score (nSPS) is 15.2. The van der Waals surface area contributed by atoms with Crippen LogP contribution in [0, 0.1) is 5.92 Å². The van der Waals surface area contributed by atoms with Crippen LogP contribution in [0.5, 0.6) is 0 Å². The zero-order chi connectivity index (χ0) is 11.3. The molecule has 2 atom stereocenters. The van der Waals surface area contributed by atoms with E-state index in [9.17, 15) is 5.11 Å². The van der Waals surface area contributed by atoms with Gasteiger partial charge in [-0.3, -0.25) is 0 Å². The third kappa shape index (κ3) is 3.78. The van der Waals surface area contributed by atoms with Gasteiger partial charge in [-0.05, 0) is 24.5 Å². The highest BCUT2D eigenvalue weighted by Crippen LogP contribution is 2.34. The molecule has 0 saturated carbocycles. The molecule has 1 N–H and O–H groups in total. The summed E-state index contributed by atoms with van der Waals surface area (Å²) in [6.45, 7) is 4.32. The Morgan fingerprint density at radius 2 is 2.13 bits per heavy atom. The van der Waals surface area contributed by atoms with E-state index in [-0.39, 0.29) is 6.10 Å². The molecule has 0 aliphatic carbocycles. The third-order valence-corrected chi connectivity index (χ3v) is 4.09. The van der Waals surface area contributed by atoms with Crippen LogP contribution in [0.15, 0.2) is 12.1 Å². The van der Waals surface area contributed by atoms with Gasteiger partial charge >= 0.3 is 0 Å². The molecule has 3 heteroatoms. The van der Waals surface area contributed by atoms with Gasteiger partial charge in [-0.2, -0.15) is 0 Å². The Morgan fingerprint density at radius 1 is 1.40 bits per heavy atom. The quantitative estimate of drug-likeness (QED) is 0.775. The summed E-state index contributed by atoms with van der Waals surface area (Å²) in [4.78, 5) is 1.00. The minimum Gasteiger partial charge on any atom is -0.387 e. The van der Waals surface area contributed by atoms with Crippen LogP contribution in [0.3, 0.4) is 0 Å². The van der Waals surface area contributed by atoms with Crippen LogP contribution in [0.4, 0.5) is 0 Å². The molecule has 1 aromatic rings. The average molecular weight is 247 g/mol. The molecule has 0 aliphatic rings. The average Bonchev–Trinajstić information content (AvgIpc) is 2.65. The maximum atomic E-state index is 10.2. The first-order valence-corrected chi connectivity index (χ1v) is 6.81. The van der Waals surface area contributed by atoms with Crippen molar-refractivity contribution >= 4 is 22.9 Å². The molecule has 0 saturated heterocycles. The lowest BCUT2D eigenvalue weighted by Gasteiger charge is -2.20. The van der Waals surface area contributed by atoms with Gasteiger partial charge in [-0.25, -0.2) is 0 Å². The van der Waals surface area contributed by atoms with E-state index in [2.05, 4.69) is 13.8 Å². The van der Waals surface area contributed by atoms with Crippen molar-refractivity contribution in [2.24, 2.45) is 5.92 Å². The number of thiophene rings is 1. The minimum atomic E-state index is -0.334. The lowest BCUT2D eigenvalue weighted by molar-refractivity contribution is 0.102. The second kappa shape index (κ2) is 6.51. The molecule has 1 heterocycles.